The Morgan fingerprint density at radius 1 is 1.24 bits per heavy atom. The van der Waals surface area contributed by atoms with Crippen molar-refractivity contribution in [2.45, 2.75) is 57.0 Å². The van der Waals surface area contributed by atoms with Gasteiger partial charge in [0, 0.05) is 19.5 Å². The van der Waals surface area contributed by atoms with Crippen LogP contribution in [0.4, 0.5) is 0 Å². The van der Waals surface area contributed by atoms with Gasteiger partial charge in [-0.15, -0.1) is 0 Å². The van der Waals surface area contributed by atoms with Gasteiger partial charge in [0.1, 0.15) is 6.04 Å². The van der Waals surface area contributed by atoms with Crippen LogP contribution in [-0.2, 0) is 19.8 Å². The van der Waals surface area contributed by atoms with Gasteiger partial charge in [-0.1, -0.05) is 19.3 Å². The van der Waals surface area contributed by atoms with E-state index in [0.29, 0.717) is 0 Å². The van der Waals surface area contributed by atoms with Gasteiger partial charge in [-0.3, -0.25) is 9.59 Å². The summed E-state index contributed by atoms with van der Waals surface area (Å²) in [6, 6.07) is -1.57. The molecule has 0 unspecified atom stereocenters. The van der Waals surface area contributed by atoms with E-state index in [4.69, 9.17) is 10.2 Å². The van der Waals surface area contributed by atoms with Gasteiger partial charge in [-0.2, -0.15) is 17.4 Å². The van der Waals surface area contributed by atoms with Crippen LogP contribution in [0.1, 0.15) is 44.9 Å². The maximum atomic E-state index is 12.2. The number of nitrogens with one attached hydrogen (secondary N) is 1. The molecule has 0 aliphatic heterocycles. The standard InChI is InChI=1S/C12H22N2O6S/c1-14(9-5-3-2-4-6-9)21(19,20)13-10(12(17)18)7-8-11(15)16/h9-10,13H,2-8H2,1H3,(H,15,16)(H,17,18)/t10-/m0/s1. The molecule has 0 aromatic heterocycles. The van der Waals surface area contributed by atoms with Gasteiger partial charge in [-0.25, -0.2) is 0 Å². The summed E-state index contributed by atoms with van der Waals surface area (Å²) in [5.41, 5.74) is 0. The quantitative estimate of drug-likeness (QED) is 0.594. The van der Waals surface area contributed by atoms with Crippen molar-refractivity contribution in [1.82, 2.24) is 9.03 Å². The van der Waals surface area contributed by atoms with Crippen LogP contribution in [0.3, 0.4) is 0 Å². The van der Waals surface area contributed by atoms with Crippen LogP contribution in [0.2, 0.25) is 0 Å². The van der Waals surface area contributed by atoms with E-state index < -0.39 is 34.6 Å². The molecule has 0 aromatic rings. The van der Waals surface area contributed by atoms with Gasteiger partial charge in [0.25, 0.3) is 10.2 Å². The Kier molecular flexibility index (Phi) is 6.56. The van der Waals surface area contributed by atoms with E-state index in [-0.39, 0.29) is 12.5 Å². The van der Waals surface area contributed by atoms with Gasteiger partial charge >= 0.3 is 11.9 Å². The van der Waals surface area contributed by atoms with Gasteiger partial charge in [0.05, 0.1) is 0 Å². The molecule has 1 atom stereocenters. The third-order valence-electron chi connectivity index (χ3n) is 3.70. The summed E-state index contributed by atoms with van der Waals surface area (Å²) in [6.07, 6.45) is 3.79. The largest absolute Gasteiger partial charge is 0.481 e. The Morgan fingerprint density at radius 3 is 2.29 bits per heavy atom. The lowest BCUT2D eigenvalue weighted by molar-refractivity contribution is -0.140. The molecule has 122 valence electrons. The summed E-state index contributed by atoms with van der Waals surface area (Å²) < 4.78 is 27.6. The van der Waals surface area contributed by atoms with Crippen molar-refractivity contribution in [2.75, 3.05) is 7.05 Å². The molecule has 8 nitrogen and oxygen atoms in total. The highest BCUT2D eigenvalue weighted by Crippen LogP contribution is 2.23. The average Bonchev–Trinajstić information content (AvgIpc) is 2.43. The summed E-state index contributed by atoms with van der Waals surface area (Å²) in [6.45, 7) is 0. The van der Waals surface area contributed by atoms with E-state index in [1.807, 2.05) is 0 Å². The fourth-order valence-electron chi connectivity index (χ4n) is 2.40. The van der Waals surface area contributed by atoms with Crippen molar-refractivity contribution >= 4 is 22.1 Å². The van der Waals surface area contributed by atoms with E-state index in [9.17, 15) is 18.0 Å². The number of hydrogen-bond donors (Lipinski definition) is 3. The highest BCUT2D eigenvalue weighted by Gasteiger charge is 2.31. The Balaban J connectivity index is 2.70. The number of aliphatic carboxylic acids is 2. The minimum absolute atomic E-state index is 0.134. The molecular weight excluding hydrogens is 300 g/mol. The molecular formula is C12H22N2O6S. The molecule has 0 saturated heterocycles. The second-order valence-electron chi connectivity index (χ2n) is 5.25. The van der Waals surface area contributed by atoms with Crippen molar-refractivity contribution < 1.29 is 28.2 Å². The number of carbonyl (C=O) groups is 2. The molecule has 0 spiro atoms. The lowest BCUT2D eigenvalue weighted by Crippen LogP contribution is -2.50. The molecule has 1 aliphatic carbocycles. The molecule has 1 aliphatic rings. The van der Waals surface area contributed by atoms with E-state index >= 15 is 0 Å². The van der Waals surface area contributed by atoms with Gasteiger partial charge in [-0.05, 0) is 19.3 Å². The number of carboxylic acids is 2. The minimum Gasteiger partial charge on any atom is -0.481 e. The molecule has 9 heteroatoms. The van der Waals surface area contributed by atoms with Gasteiger partial charge in [0.2, 0.25) is 0 Å². The molecule has 0 amide bonds. The number of rotatable bonds is 8. The van der Waals surface area contributed by atoms with Crippen LogP contribution >= 0.6 is 0 Å². The molecule has 21 heavy (non-hydrogen) atoms. The van der Waals surface area contributed by atoms with Crippen LogP contribution in [-0.4, -0.2) is 54.0 Å². The SMILES string of the molecule is CN(C1CCCCC1)S(=O)(=O)N[C@@H](CCC(=O)O)C(=O)O. The summed E-state index contributed by atoms with van der Waals surface area (Å²) >= 11 is 0. The summed E-state index contributed by atoms with van der Waals surface area (Å²) in [4.78, 5) is 21.5. The van der Waals surface area contributed by atoms with Crippen LogP contribution < -0.4 is 4.72 Å². The van der Waals surface area contributed by atoms with Crippen LogP contribution in [0.5, 0.6) is 0 Å². The van der Waals surface area contributed by atoms with Gasteiger partial charge < -0.3 is 10.2 Å². The first-order valence-corrected chi connectivity index (χ1v) is 8.38. The first-order valence-electron chi connectivity index (χ1n) is 6.94. The third-order valence-corrected chi connectivity index (χ3v) is 5.34. The zero-order valence-corrected chi connectivity index (χ0v) is 12.8. The fourth-order valence-corrected chi connectivity index (χ4v) is 3.75. The zero-order valence-electron chi connectivity index (χ0n) is 12.0. The molecule has 3 N–H and O–H groups in total. The van der Waals surface area contributed by atoms with Crippen molar-refractivity contribution in [3.8, 4) is 0 Å². The molecule has 0 heterocycles. The van der Waals surface area contributed by atoms with Crippen molar-refractivity contribution in [1.29, 1.82) is 0 Å². The first kappa shape index (κ1) is 17.9. The summed E-state index contributed by atoms with van der Waals surface area (Å²) in [7, 11) is -2.52. The Labute approximate surface area is 124 Å². The smallest absolute Gasteiger partial charge is 0.321 e. The molecule has 1 saturated carbocycles. The van der Waals surface area contributed by atoms with Crippen molar-refractivity contribution in [3.05, 3.63) is 0 Å². The van der Waals surface area contributed by atoms with Crippen LogP contribution in [0.15, 0.2) is 0 Å². The average molecular weight is 322 g/mol. The van der Waals surface area contributed by atoms with E-state index in [1.165, 1.54) is 11.4 Å². The Bertz CT molecular complexity index is 472. The van der Waals surface area contributed by atoms with E-state index in [2.05, 4.69) is 4.72 Å². The van der Waals surface area contributed by atoms with E-state index in [1.54, 1.807) is 0 Å². The van der Waals surface area contributed by atoms with Crippen molar-refractivity contribution in [2.24, 2.45) is 0 Å². The summed E-state index contributed by atoms with van der Waals surface area (Å²) in [5.74, 6) is -2.54. The minimum atomic E-state index is -3.94. The Hall–Kier alpha value is -1.19. The molecule has 0 bridgehead atoms. The third kappa shape index (κ3) is 5.60. The lowest BCUT2D eigenvalue weighted by Gasteiger charge is -2.31. The lowest BCUT2D eigenvalue weighted by atomic mass is 9.96. The maximum absolute atomic E-state index is 12.2. The number of hydrogen-bond acceptors (Lipinski definition) is 4. The van der Waals surface area contributed by atoms with Crippen LogP contribution in [0, 0.1) is 0 Å². The van der Waals surface area contributed by atoms with Crippen molar-refractivity contribution in [3.63, 3.8) is 0 Å². The highest BCUT2D eigenvalue weighted by molar-refractivity contribution is 7.87. The monoisotopic (exact) mass is 322 g/mol. The highest BCUT2D eigenvalue weighted by atomic mass is 32.2. The molecule has 1 fully saturated rings. The normalized spacial score (nSPS) is 18.6. The zero-order chi connectivity index (χ0) is 16.0. The predicted octanol–water partition coefficient (Wildman–Crippen LogP) is 0.403. The Morgan fingerprint density at radius 2 is 1.81 bits per heavy atom. The summed E-state index contributed by atoms with van der Waals surface area (Å²) in [5, 5.41) is 17.6. The first-order chi connectivity index (χ1) is 9.74. The molecule has 0 aromatic carbocycles. The van der Waals surface area contributed by atoms with Gasteiger partial charge in [0.15, 0.2) is 0 Å². The number of nitrogens with zero attached hydrogens (tertiary/aromatic N) is 1. The second kappa shape index (κ2) is 7.71. The van der Waals surface area contributed by atoms with E-state index in [0.717, 1.165) is 32.1 Å². The number of carboxylic acid groups (broad SMARTS) is 2. The predicted molar refractivity (Wildman–Crippen MR) is 75.0 cm³/mol. The fraction of sp³-hybridized carbons (Fsp3) is 0.833. The second-order valence-corrected chi connectivity index (χ2v) is 7.02. The van der Waals surface area contributed by atoms with Crippen LogP contribution in [0.25, 0.3) is 0 Å². The topological polar surface area (TPSA) is 124 Å². The maximum Gasteiger partial charge on any atom is 0.321 e. The molecule has 1 rings (SSSR count). The molecule has 0 radical (unpaired) electrons.